The molecule has 1 amide bonds. The number of rotatable bonds is 6. The smallest absolute Gasteiger partial charge is 0.253 e. The number of methoxy groups -OCH3 is 2. The predicted octanol–water partition coefficient (Wildman–Crippen LogP) is 2.90. The third-order valence-corrected chi connectivity index (χ3v) is 5.09. The van der Waals surface area contributed by atoms with Gasteiger partial charge in [-0.1, -0.05) is 0 Å². The molecule has 0 aliphatic carbocycles. The largest absolute Gasteiger partial charge is 0.497 e. The van der Waals surface area contributed by atoms with E-state index in [1.165, 1.54) is 0 Å². The van der Waals surface area contributed by atoms with Crippen molar-refractivity contribution in [3.8, 4) is 5.75 Å². The lowest BCUT2D eigenvalue weighted by atomic mass is 9.96. The molecule has 3 rings (SSSR count). The fraction of sp³-hybridized carbons (Fsp3) is 0.500. The van der Waals surface area contributed by atoms with Gasteiger partial charge in [0.15, 0.2) is 0 Å². The Labute approximate surface area is 154 Å². The molecule has 0 spiro atoms. The monoisotopic (exact) mass is 357 g/mol. The van der Waals surface area contributed by atoms with E-state index in [-0.39, 0.29) is 5.91 Å². The maximum Gasteiger partial charge on any atom is 0.253 e. The van der Waals surface area contributed by atoms with Gasteiger partial charge in [-0.15, -0.1) is 0 Å². The zero-order valence-corrected chi connectivity index (χ0v) is 15.8. The van der Waals surface area contributed by atoms with Crippen molar-refractivity contribution in [1.82, 2.24) is 14.5 Å². The second-order valence-corrected chi connectivity index (χ2v) is 6.82. The molecule has 1 aliphatic rings. The van der Waals surface area contributed by atoms with Crippen molar-refractivity contribution in [2.75, 3.05) is 27.3 Å². The van der Waals surface area contributed by atoms with Crippen molar-refractivity contribution in [2.45, 2.75) is 32.9 Å². The highest BCUT2D eigenvalue weighted by Gasteiger charge is 2.24. The number of carbonyl (C=O) groups excluding carboxylic acids is 1. The summed E-state index contributed by atoms with van der Waals surface area (Å²) in [6.45, 7) is 5.14. The highest BCUT2D eigenvalue weighted by Crippen LogP contribution is 2.23. The summed E-state index contributed by atoms with van der Waals surface area (Å²) in [5.74, 6) is 2.40. The van der Waals surface area contributed by atoms with Gasteiger partial charge < -0.3 is 18.9 Å². The van der Waals surface area contributed by atoms with E-state index in [2.05, 4.69) is 16.5 Å². The first-order valence-corrected chi connectivity index (χ1v) is 9.05. The van der Waals surface area contributed by atoms with E-state index < -0.39 is 0 Å². The van der Waals surface area contributed by atoms with Gasteiger partial charge in [0.25, 0.3) is 5.91 Å². The van der Waals surface area contributed by atoms with Gasteiger partial charge in [-0.25, -0.2) is 4.98 Å². The predicted molar refractivity (Wildman–Crippen MR) is 99.3 cm³/mol. The van der Waals surface area contributed by atoms with E-state index in [9.17, 15) is 4.79 Å². The van der Waals surface area contributed by atoms with Crippen molar-refractivity contribution < 1.29 is 14.3 Å². The summed E-state index contributed by atoms with van der Waals surface area (Å²) in [6.07, 6.45) is 3.91. The Bertz CT molecular complexity index is 731. The number of aryl methyl sites for hydroxylation is 1. The summed E-state index contributed by atoms with van der Waals surface area (Å²) in [4.78, 5) is 19.1. The molecule has 2 aromatic rings. The Balaban J connectivity index is 1.57. The molecule has 26 heavy (non-hydrogen) atoms. The zero-order valence-electron chi connectivity index (χ0n) is 15.8. The van der Waals surface area contributed by atoms with Gasteiger partial charge in [0.2, 0.25) is 0 Å². The first kappa shape index (κ1) is 18.5. The number of benzene rings is 1. The van der Waals surface area contributed by atoms with Crippen molar-refractivity contribution >= 4 is 5.91 Å². The van der Waals surface area contributed by atoms with E-state index in [1.807, 2.05) is 35.4 Å². The van der Waals surface area contributed by atoms with Crippen LogP contribution < -0.4 is 4.74 Å². The zero-order chi connectivity index (χ0) is 18.5. The molecule has 1 fully saturated rings. The number of carbonyl (C=O) groups is 1. The molecule has 1 aromatic heterocycles. The van der Waals surface area contributed by atoms with Gasteiger partial charge in [-0.3, -0.25) is 4.79 Å². The lowest BCUT2D eigenvalue weighted by molar-refractivity contribution is 0.0681. The maximum absolute atomic E-state index is 12.7. The van der Waals surface area contributed by atoms with E-state index in [1.54, 1.807) is 14.2 Å². The number of amides is 1. The SMILES string of the molecule is COCc1ncc(C)n1CC1CCN(C(=O)c2ccc(OC)cc2)CC1. The van der Waals surface area contributed by atoms with Crippen molar-refractivity contribution in [2.24, 2.45) is 5.92 Å². The molecule has 140 valence electrons. The standard InChI is InChI=1S/C20H27N3O3/c1-15-12-21-19(14-25-2)23(15)13-16-8-10-22(11-9-16)20(24)17-4-6-18(26-3)7-5-17/h4-7,12,16H,8-11,13-14H2,1-3H3. The lowest BCUT2D eigenvalue weighted by Gasteiger charge is -2.32. The summed E-state index contributed by atoms with van der Waals surface area (Å²) < 4.78 is 12.6. The number of imidazole rings is 1. The number of ether oxygens (including phenoxy) is 2. The summed E-state index contributed by atoms with van der Waals surface area (Å²) >= 11 is 0. The number of aromatic nitrogens is 2. The van der Waals surface area contributed by atoms with E-state index in [0.717, 1.165) is 55.3 Å². The van der Waals surface area contributed by atoms with Crippen LogP contribution in [0.3, 0.4) is 0 Å². The first-order valence-electron chi connectivity index (χ1n) is 9.05. The quantitative estimate of drug-likeness (QED) is 0.798. The summed E-state index contributed by atoms with van der Waals surface area (Å²) in [5, 5.41) is 0. The molecule has 1 saturated heterocycles. The molecule has 6 nitrogen and oxygen atoms in total. The maximum atomic E-state index is 12.7. The fourth-order valence-corrected chi connectivity index (χ4v) is 3.50. The van der Waals surface area contributed by atoms with Crippen LogP contribution in [0.5, 0.6) is 5.75 Å². The number of hydrogen-bond acceptors (Lipinski definition) is 4. The lowest BCUT2D eigenvalue weighted by Crippen LogP contribution is -2.39. The first-order chi connectivity index (χ1) is 12.6. The summed E-state index contributed by atoms with van der Waals surface area (Å²) in [6, 6.07) is 7.33. The molecule has 0 bridgehead atoms. The van der Waals surface area contributed by atoms with Gasteiger partial charge in [0.05, 0.1) is 7.11 Å². The van der Waals surface area contributed by atoms with E-state index in [0.29, 0.717) is 12.5 Å². The molecule has 0 saturated carbocycles. The Morgan fingerprint density at radius 1 is 1.19 bits per heavy atom. The number of hydrogen-bond donors (Lipinski definition) is 0. The van der Waals surface area contributed by atoms with Gasteiger partial charge in [0.1, 0.15) is 18.2 Å². The molecule has 6 heteroatoms. The average molecular weight is 357 g/mol. The third-order valence-electron chi connectivity index (χ3n) is 5.09. The minimum absolute atomic E-state index is 0.102. The Kier molecular flexibility index (Phi) is 5.93. The van der Waals surface area contributed by atoms with Crippen LogP contribution in [0, 0.1) is 12.8 Å². The van der Waals surface area contributed by atoms with Crippen LogP contribution in [-0.4, -0.2) is 47.7 Å². The normalized spacial score (nSPS) is 15.3. The Morgan fingerprint density at radius 3 is 2.50 bits per heavy atom. The number of nitrogens with zero attached hydrogens (tertiary/aromatic N) is 3. The van der Waals surface area contributed by atoms with E-state index >= 15 is 0 Å². The molecule has 1 aromatic carbocycles. The van der Waals surface area contributed by atoms with Gasteiger partial charge in [-0.2, -0.15) is 0 Å². The van der Waals surface area contributed by atoms with Gasteiger partial charge >= 0.3 is 0 Å². The van der Waals surface area contributed by atoms with Crippen LogP contribution in [0.15, 0.2) is 30.5 Å². The van der Waals surface area contributed by atoms with Crippen LogP contribution in [0.4, 0.5) is 0 Å². The number of piperidine rings is 1. The minimum Gasteiger partial charge on any atom is -0.497 e. The van der Waals surface area contributed by atoms with Crippen LogP contribution in [0.2, 0.25) is 0 Å². The molecule has 1 aliphatic heterocycles. The van der Waals surface area contributed by atoms with Crippen molar-refractivity contribution in [1.29, 1.82) is 0 Å². The van der Waals surface area contributed by atoms with Crippen LogP contribution in [0.1, 0.15) is 34.7 Å². The Hall–Kier alpha value is -2.34. The van der Waals surface area contributed by atoms with Crippen LogP contribution in [-0.2, 0) is 17.9 Å². The van der Waals surface area contributed by atoms with Crippen molar-refractivity contribution in [3.05, 3.63) is 47.5 Å². The third kappa shape index (κ3) is 4.07. The molecule has 0 N–H and O–H groups in total. The van der Waals surface area contributed by atoms with Crippen LogP contribution in [0.25, 0.3) is 0 Å². The molecular formula is C20H27N3O3. The topological polar surface area (TPSA) is 56.6 Å². The molecule has 0 atom stereocenters. The Morgan fingerprint density at radius 2 is 1.88 bits per heavy atom. The number of likely N-dealkylation sites (tertiary alicyclic amines) is 1. The second kappa shape index (κ2) is 8.36. The second-order valence-electron chi connectivity index (χ2n) is 6.82. The van der Waals surface area contributed by atoms with Crippen LogP contribution >= 0.6 is 0 Å². The molecule has 0 unspecified atom stereocenters. The minimum atomic E-state index is 0.102. The average Bonchev–Trinajstić information content (AvgIpc) is 3.02. The van der Waals surface area contributed by atoms with E-state index in [4.69, 9.17) is 9.47 Å². The highest BCUT2D eigenvalue weighted by atomic mass is 16.5. The summed E-state index contributed by atoms with van der Waals surface area (Å²) in [5.41, 5.74) is 1.88. The highest BCUT2D eigenvalue weighted by molar-refractivity contribution is 5.94. The fourth-order valence-electron chi connectivity index (χ4n) is 3.50. The molecule has 2 heterocycles. The van der Waals surface area contributed by atoms with Crippen molar-refractivity contribution in [3.63, 3.8) is 0 Å². The van der Waals surface area contributed by atoms with Gasteiger partial charge in [-0.05, 0) is 49.9 Å². The molecular weight excluding hydrogens is 330 g/mol. The summed E-state index contributed by atoms with van der Waals surface area (Å²) in [7, 11) is 3.32. The molecule has 0 radical (unpaired) electrons. The van der Waals surface area contributed by atoms with Gasteiger partial charge in [0, 0.05) is 44.2 Å².